The fourth-order valence-corrected chi connectivity index (χ4v) is 3.33. The summed E-state index contributed by atoms with van der Waals surface area (Å²) in [4.78, 5) is 22.3. The molecule has 1 aliphatic heterocycles. The van der Waals surface area contributed by atoms with Gasteiger partial charge in [0.25, 0.3) is 0 Å². The average molecular weight is 343 g/mol. The molecule has 2 aromatic heterocycles. The van der Waals surface area contributed by atoms with Gasteiger partial charge >= 0.3 is 0 Å². The van der Waals surface area contributed by atoms with E-state index >= 15 is 0 Å². The van der Waals surface area contributed by atoms with Crippen LogP contribution in [0.5, 0.6) is 0 Å². The lowest BCUT2D eigenvalue weighted by atomic mass is 10.0. The van der Waals surface area contributed by atoms with E-state index in [9.17, 15) is 9.18 Å². The molecule has 1 fully saturated rings. The number of carbonyl (C=O) groups is 1. The molecule has 0 bridgehead atoms. The molecule has 3 aromatic rings. The van der Waals surface area contributed by atoms with Crippen LogP contribution in [0.25, 0.3) is 11.0 Å². The molecular weight excluding hydrogens is 325 g/mol. The van der Waals surface area contributed by atoms with Crippen LogP contribution in [0.1, 0.15) is 42.5 Å². The van der Waals surface area contributed by atoms with Gasteiger partial charge in [0.1, 0.15) is 23.0 Å². The van der Waals surface area contributed by atoms with Gasteiger partial charge in [0.05, 0.1) is 23.5 Å². The highest BCUT2D eigenvalue weighted by Gasteiger charge is 2.31. The highest BCUT2D eigenvalue weighted by Crippen LogP contribution is 2.31. The maximum absolute atomic E-state index is 13.4. The zero-order chi connectivity index (χ0) is 17.4. The molecule has 1 amide bonds. The van der Waals surface area contributed by atoms with Gasteiger partial charge in [0.2, 0.25) is 5.91 Å². The molecule has 7 nitrogen and oxygen atoms in total. The predicted octanol–water partition coefficient (Wildman–Crippen LogP) is 2.69. The summed E-state index contributed by atoms with van der Waals surface area (Å²) >= 11 is 0. The van der Waals surface area contributed by atoms with Crippen LogP contribution in [0, 0.1) is 12.7 Å². The zero-order valence-corrected chi connectivity index (χ0v) is 13.8. The largest absolute Gasteiger partial charge is 0.340 e. The van der Waals surface area contributed by atoms with Gasteiger partial charge in [-0.05, 0) is 44.4 Å². The van der Waals surface area contributed by atoms with E-state index in [0.29, 0.717) is 34.8 Å². The van der Waals surface area contributed by atoms with Gasteiger partial charge in [-0.2, -0.15) is 0 Å². The van der Waals surface area contributed by atoms with Crippen LogP contribution < -0.4 is 0 Å². The summed E-state index contributed by atoms with van der Waals surface area (Å²) < 4.78 is 18.1. The van der Waals surface area contributed by atoms with Crippen molar-refractivity contribution in [2.24, 2.45) is 0 Å². The standard InChI is InChI=1S/C17H18FN5O2/c1-10-13(22-25-21-10)9-16(24)23-7-3-2-4-15(23)17-19-12-6-5-11(18)8-14(12)20-17/h5-6,8,15H,2-4,7,9H2,1H3,(H,19,20)/t15-/m1/s1. The van der Waals surface area contributed by atoms with Gasteiger partial charge in [0, 0.05) is 6.54 Å². The SMILES string of the molecule is Cc1nonc1CC(=O)N1CCCC[C@@H]1c1nc2ccc(F)cc2[nH]1. The molecule has 8 heteroatoms. The summed E-state index contributed by atoms with van der Waals surface area (Å²) in [6, 6.07) is 4.31. The van der Waals surface area contributed by atoms with E-state index < -0.39 is 0 Å². The first-order valence-electron chi connectivity index (χ1n) is 8.34. The van der Waals surface area contributed by atoms with E-state index in [-0.39, 0.29) is 24.2 Å². The van der Waals surface area contributed by atoms with Gasteiger partial charge in [-0.15, -0.1) is 0 Å². The molecule has 1 N–H and O–H groups in total. The molecule has 1 aromatic carbocycles. The molecule has 1 atom stereocenters. The number of aromatic amines is 1. The van der Waals surface area contributed by atoms with Crippen molar-refractivity contribution >= 4 is 16.9 Å². The smallest absolute Gasteiger partial charge is 0.229 e. The van der Waals surface area contributed by atoms with Gasteiger partial charge in [0.15, 0.2) is 0 Å². The van der Waals surface area contributed by atoms with Crippen LogP contribution in [0.4, 0.5) is 4.39 Å². The Hall–Kier alpha value is -2.77. The second kappa shape index (κ2) is 6.27. The molecule has 25 heavy (non-hydrogen) atoms. The number of benzene rings is 1. The molecule has 1 aliphatic rings. The number of likely N-dealkylation sites (tertiary alicyclic amines) is 1. The Morgan fingerprint density at radius 3 is 3.08 bits per heavy atom. The Kier molecular flexibility index (Phi) is 3.95. The number of rotatable bonds is 3. The van der Waals surface area contributed by atoms with Crippen molar-refractivity contribution in [1.29, 1.82) is 0 Å². The zero-order valence-electron chi connectivity index (χ0n) is 13.8. The van der Waals surface area contributed by atoms with Crippen LogP contribution in [0.15, 0.2) is 22.8 Å². The third-order valence-electron chi connectivity index (χ3n) is 4.67. The Morgan fingerprint density at radius 1 is 1.40 bits per heavy atom. The molecule has 0 unspecified atom stereocenters. The number of aromatic nitrogens is 4. The first-order valence-corrected chi connectivity index (χ1v) is 8.34. The summed E-state index contributed by atoms with van der Waals surface area (Å²) in [6.45, 7) is 2.43. The van der Waals surface area contributed by atoms with Crippen molar-refractivity contribution in [2.45, 2.75) is 38.6 Å². The van der Waals surface area contributed by atoms with E-state index in [1.807, 2.05) is 4.90 Å². The number of H-pyrrole nitrogens is 1. The number of nitrogens with zero attached hydrogens (tertiary/aromatic N) is 4. The van der Waals surface area contributed by atoms with Crippen molar-refractivity contribution < 1.29 is 13.8 Å². The minimum atomic E-state index is -0.312. The number of piperidine rings is 1. The second-order valence-electron chi connectivity index (χ2n) is 6.36. The maximum atomic E-state index is 13.4. The normalized spacial score (nSPS) is 18.0. The van der Waals surface area contributed by atoms with Crippen molar-refractivity contribution in [3.05, 3.63) is 41.2 Å². The fourth-order valence-electron chi connectivity index (χ4n) is 3.33. The summed E-state index contributed by atoms with van der Waals surface area (Å²) in [7, 11) is 0. The van der Waals surface area contributed by atoms with Crippen molar-refractivity contribution in [3.63, 3.8) is 0 Å². The molecule has 4 rings (SSSR count). The summed E-state index contributed by atoms with van der Waals surface area (Å²) in [6.07, 6.45) is 2.95. The summed E-state index contributed by atoms with van der Waals surface area (Å²) in [5.41, 5.74) is 2.53. The number of imidazole rings is 1. The van der Waals surface area contributed by atoms with Crippen molar-refractivity contribution in [1.82, 2.24) is 25.2 Å². The first kappa shape index (κ1) is 15.7. The van der Waals surface area contributed by atoms with Gasteiger partial charge in [-0.25, -0.2) is 14.0 Å². The average Bonchev–Trinajstić information content (AvgIpc) is 3.20. The quantitative estimate of drug-likeness (QED) is 0.790. The van der Waals surface area contributed by atoms with E-state index in [4.69, 9.17) is 0 Å². The summed E-state index contributed by atoms with van der Waals surface area (Å²) in [5, 5.41) is 7.51. The molecule has 0 aliphatic carbocycles. The lowest BCUT2D eigenvalue weighted by Gasteiger charge is -2.34. The van der Waals surface area contributed by atoms with Crippen LogP contribution in [-0.4, -0.2) is 37.6 Å². The van der Waals surface area contributed by atoms with Crippen LogP contribution in [-0.2, 0) is 11.2 Å². The Bertz CT molecular complexity index is 919. The van der Waals surface area contributed by atoms with Crippen LogP contribution in [0.2, 0.25) is 0 Å². The number of hydrogen-bond donors (Lipinski definition) is 1. The monoisotopic (exact) mass is 343 g/mol. The van der Waals surface area contributed by atoms with E-state index in [1.54, 1.807) is 13.0 Å². The van der Waals surface area contributed by atoms with Crippen molar-refractivity contribution in [2.75, 3.05) is 6.54 Å². The van der Waals surface area contributed by atoms with Crippen molar-refractivity contribution in [3.8, 4) is 0 Å². The number of hydrogen-bond acceptors (Lipinski definition) is 5. The topological polar surface area (TPSA) is 87.9 Å². The number of aryl methyl sites for hydroxylation is 1. The Labute approximate surface area is 143 Å². The van der Waals surface area contributed by atoms with E-state index in [1.165, 1.54) is 12.1 Å². The number of carbonyl (C=O) groups excluding carboxylic acids is 1. The van der Waals surface area contributed by atoms with Gasteiger partial charge in [-0.1, -0.05) is 10.3 Å². The minimum absolute atomic E-state index is 0.0323. The lowest BCUT2D eigenvalue weighted by Crippen LogP contribution is -2.40. The molecule has 130 valence electrons. The maximum Gasteiger partial charge on any atom is 0.229 e. The van der Waals surface area contributed by atoms with Crippen LogP contribution >= 0.6 is 0 Å². The van der Waals surface area contributed by atoms with E-state index in [2.05, 4.69) is 24.9 Å². The number of nitrogens with one attached hydrogen (secondary N) is 1. The third-order valence-corrected chi connectivity index (χ3v) is 4.67. The number of amides is 1. The number of halogens is 1. The van der Waals surface area contributed by atoms with E-state index in [0.717, 1.165) is 19.3 Å². The molecule has 0 saturated carbocycles. The lowest BCUT2D eigenvalue weighted by molar-refractivity contribution is -0.134. The second-order valence-corrected chi connectivity index (χ2v) is 6.36. The molecule has 3 heterocycles. The van der Waals surface area contributed by atoms with Crippen LogP contribution in [0.3, 0.4) is 0 Å². The molecule has 1 saturated heterocycles. The third kappa shape index (κ3) is 2.99. The van der Waals surface area contributed by atoms with Gasteiger partial charge in [-0.3, -0.25) is 4.79 Å². The molecule has 0 radical (unpaired) electrons. The highest BCUT2D eigenvalue weighted by atomic mass is 19.1. The Balaban J connectivity index is 1.61. The Morgan fingerprint density at radius 2 is 2.28 bits per heavy atom. The summed E-state index contributed by atoms with van der Waals surface area (Å²) in [5.74, 6) is 0.354. The van der Waals surface area contributed by atoms with Gasteiger partial charge < -0.3 is 9.88 Å². The highest BCUT2D eigenvalue weighted by molar-refractivity contribution is 5.79. The minimum Gasteiger partial charge on any atom is -0.340 e. The predicted molar refractivity (Wildman–Crippen MR) is 87.1 cm³/mol. The first-order chi connectivity index (χ1) is 12.1. The molecular formula is C17H18FN5O2. The number of fused-ring (bicyclic) bond motifs is 1. The molecule has 0 spiro atoms. The fraction of sp³-hybridized carbons (Fsp3) is 0.412.